The van der Waals surface area contributed by atoms with E-state index in [2.05, 4.69) is 52.9 Å². The average molecular weight is 409 g/mol. The van der Waals surface area contributed by atoms with Crippen molar-refractivity contribution >= 4 is 31.6 Å². The zero-order chi connectivity index (χ0) is 17.3. The zero-order valence-corrected chi connectivity index (χ0v) is 16.3. The molecule has 1 saturated heterocycles. The molecule has 1 heterocycles. The molecule has 0 atom stereocenters. The molecular formula is C18H21BrN2O2S. The summed E-state index contributed by atoms with van der Waals surface area (Å²) < 4.78 is 27.9. The van der Waals surface area contributed by atoms with Crippen LogP contribution in [0.4, 0.5) is 5.69 Å². The third kappa shape index (κ3) is 3.23. The number of aryl methyl sites for hydroxylation is 1. The van der Waals surface area contributed by atoms with Gasteiger partial charge in [0.1, 0.15) is 0 Å². The number of nitrogens with zero attached hydrogens (tertiary/aromatic N) is 2. The highest BCUT2D eigenvalue weighted by molar-refractivity contribution is 9.10. The van der Waals surface area contributed by atoms with Gasteiger partial charge in [-0.3, -0.25) is 0 Å². The molecule has 0 spiro atoms. The predicted octanol–water partition coefficient (Wildman–Crippen LogP) is 3.58. The molecule has 0 unspecified atom stereocenters. The molecule has 1 aliphatic rings. The monoisotopic (exact) mass is 408 g/mol. The molecule has 0 amide bonds. The summed E-state index contributed by atoms with van der Waals surface area (Å²) in [5.41, 5.74) is 3.73. The van der Waals surface area contributed by atoms with E-state index >= 15 is 0 Å². The summed E-state index contributed by atoms with van der Waals surface area (Å²) in [5, 5.41) is 0. The van der Waals surface area contributed by atoms with Gasteiger partial charge in [-0.2, -0.15) is 4.31 Å². The summed E-state index contributed by atoms with van der Waals surface area (Å²) in [6, 6.07) is 13.3. The second-order valence-corrected chi connectivity index (χ2v) is 8.80. The minimum Gasteiger partial charge on any atom is -0.369 e. The maximum Gasteiger partial charge on any atom is 0.244 e. The Morgan fingerprint density at radius 3 is 2.25 bits per heavy atom. The lowest BCUT2D eigenvalue weighted by molar-refractivity contribution is 0.384. The van der Waals surface area contributed by atoms with Crippen LogP contribution >= 0.6 is 15.9 Å². The lowest BCUT2D eigenvalue weighted by Gasteiger charge is -2.36. The molecule has 0 radical (unpaired) electrons. The fourth-order valence-corrected chi connectivity index (χ4v) is 5.43. The van der Waals surface area contributed by atoms with Gasteiger partial charge in [-0.1, -0.05) is 24.3 Å². The number of hydrogen-bond acceptors (Lipinski definition) is 3. The number of piperazine rings is 1. The largest absolute Gasteiger partial charge is 0.369 e. The fourth-order valence-electron chi connectivity index (χ4n) is 3.04. The zero-order valence-electron chi connectivity index (χ0n) is 13.9. The van der Waals surface area contributed by atoms with Crippen LogP contribution in [0.2, 0.25) is 0 Å². The summed E-state index contributed by atoms with van der Waals surface area (Å²) >= 11 is 3.35. The van der Waals surface area contributed by atoms with Crippen molar-refractivity contribution in [2.45, 2.75) is 18.7 Å². The van der Waals surface area contributed by atoms with E-state index in [4.69, 9.17) is 0 Å². The molecule has 4 nitrogen and oxygen atoms in total. The molecule has 0 bridgehead atoms. The molecule has 0 N–H and O–H groups in total. The minimum atomic E-state index is -3.46. The van der Waals surface area contributed by atoms with Gasteiger partial charge in [-0.05, 0) is 59.1 Å². The van der Waals surface area contributed by atoms with E-state index in [0.29, 0.717) is 35.5 Å². The number of hydrogen-bond donors (Lipinski definition) is 0. The highest BCUT2D eigenvalue weighted by Gasteiger charge is 2.30. The first-order chi connectivity index (χ1) is 11.4. The summed E-state index contributed by atoms with van der Waals surface area (Å²) in [7, 11) is -3.46. The van der Waals surface area contributed by atoms with Crippen molar-refractivity contribution in [3.05, 3.63) is 58.1 Å². The molecule has 128 valence electrons. The maximum atomic E-state index is 12.8. The van der Waals surface area contributed by atoms with Crippen molar-refractivity contribution in [2.75, 3.05) is 31.1 Å². The molecule has 0 aliphatic carbocycles. The van der Waals surface area contributed by atoms with Gasteiger partial charge in [0, 0.05) is 36.3 Å². The number of sulfonamides is 1. The van der Waals surface area contributed by atoms with Crippen LogP contribution in [0, 0.1) is 13.8 Å². The summed E-state index contributed by atoms with van der Waals surface area (Å²) in [4.78, 5) is 2.61. The molecule has 0 aromatic heterocycles. The Labute approximate surface area is 152 Å². The Morgan fingerprint density at radius 1 is 0.917 bits per heavy atom. The van der Waals surface area contributed by atoms with Crippen molar-refractivity contribution in [3.8, 4) is 0 Å². The minimum absolute atomic E-state index is 0.338. The van der Waals surface area contributed by atoms with Crippen molar-refractivity contribution < 1.29 is 8.42 Å². The first kappa shape index (κ1) is 17.5. The number of benzene rings is 2. The SMILES string of the molecule is Cc1cccc(N2CCN(S(=O)(=O)c3ccccc3Br)CC2)c1C. The molecule has 3 rings (SSSR count). The first-order valence-electron chi connectivity index (χ1n) is 7.97. The van der Waals surface area contributed by atoms with E-state index in [9.17, 15) is 8.42 Å². The molecule has 6 heteroatoms. The highest BCUT2D eigenvalue weighted by atomic mass is 79.9. The molecule has 2 aromatic carbocycles. The van der Waals surface area contributed by atoms with Crippen LogP contribution < -0.4 is 4.90 Å². The molecule has 2 aromatic rings. The van der Waals surface area contributed by atoms with Gasteiger partial charge in [0.25, 0.3) is 0 Å². The average Bonchev–Trinajstić information content (AvgIpc) is 2.58. The van der Waals surface area contributed by atoms with Crippen molar-refractivity contribution in [1.82, 2.24) is 4.31 Å². The van der Waals surface area contributed by atoms with Crippen molar-refractivity contribution in [2.24, 2.45) is 0 Å². The molecule has 1 aliphatic heterocycles. The number of rotatable bonds is 3. The molecular weight excluding hydrogens is 388 g/mol. The summed E-state index contributed by atoms with van der Waals surface area (Å²) in [5.74, 6) is 0. The van der Waals surface area contributed by atoms with Crippen LogP contribution in [0.5, 0.6) is 0 Å². The summed E-state index contributed by atoms with van der Waals surface area (Å²) in [6.45, 7) is 6.62. The fraction of sp³-hybridized carbons (Fsp3) is 0.333. The molecule has 0 saturated carbocycles. The summed E-state index contributed by atoms with van der Waals surface area (Å²) in [6.07, 6.45) is 0. The van der Waals surface area contributed by atoms with Gasteiger partial charge in [-0.25, -0.2) is 8.42 Å². The van der Waals surface area contributed by atoms with Crippen LogP contribution in [-0.2, 0) is 10.0 Å². The first-order valence-corrected chi connectivity index (χ1v) is 10.2. The van der Waals surface area contributed by atoms with Crippen molar-refractivity contribution in [1.29, 1.82) is 0 Å². The Hall–Kier alpha value is -1.37. The van der Waals surface area contributed by atoms with Crippen LogP contribution in [0.15, 0.2) is 51.8 Å². The lowest BCUT2D eigenvalue weighted by Crippen LogP contribution is -2.48. The second kappa shape index (κ2) is 6.86. The van der Waals surface area contributed by atoms with Gasteiger partial charge in [0.05, 0.1) is 4.90 Å². The van der Waals surface area contributed by atoms with E-state index in [1.54, 1.807) is 22.5 Å². The number of halogens is 1. The Balaban J connectivity index is 1.78. The normalized spacial score (nSPS) is 16.4. The molecule has 24 heavy (non-hydrogen) atoms. The van der Waals surface area contributed by atoms with Crippen LogP contribution in [0.3, 0.4) is 0 Å². The van der Waals surface area contributed by atoms with E-state index in [-0.39, 0.29) is 0 Å². The van der Waals surface area contributed by atoms with E-state index in [0.717, 1.165) is 0 Å². The highest BCUT2D eigenvalue weighted by Crippen LogP contribution is 2.28. The van der Waals surface area contributed by atoms with E-state index < -0.39 is 10.0 Å². The van der Waals surface area contributed by atoms with Crippen LogP contribution in [0.25, 0.3) is 0 Å². The standard InChI is InChI=1S/C18H21BrN2O2S/c1-14-6-5-8-17(15(14)2)20-10-12-21(13-11-20)24(22,23)18-9-4-3-7-16(18)19/h3-9H,10-13H2,1-2H3. The quantitative estimate of drug-likeness (QED) is 0.778. The van der Waals surface area contributed by atoms with Crippen LogP contribution in [-0.4, -0.2) is 38.9 Å². The van der Waals surface area contributed by atoms with Crippen LogP contribution in [0.1, 0.15) is 11.1 Å². The van der Waals surface area contributed by atoms with Gasteiger partial charge < -0.3 is 4.90 Å². The predicted molar refractivity (Wildman–Crippen MR) is 101 cm³/mol. The van der Waals surface area contributed by atoms with Gasteiger partial charge in [0.15, 0.2) is 0 Å². The maximum absolute atomic E-state index is 12.8. The Bertz CT molecular complexity index is 844. The third-order valence-corrected chi connectivity index (χ3v) is 7.52. The van der Waals surface area contributed by atoms with Crippen molar-refractivity contribution in [3.63, 3.8) is 0 Å². The third-order valence-electron chi connectivity index (χ3n) is 4.61. The number of anilines is 1. The lowest BCUT2D eigenvalue weighted by atomic mass is 10.1. The van der Waals surface area contributed by atoms with Gasteiger partial charge >= 0.3 is 0 Å². The Kier molecular flexibility index (Phi) is 4.99. The van der Waals surface area contributed by atoms with Gasteiger partial charge in [0.2, 0.25) is 10.0 Å². The van der Waals surface area contributed by atoms with E-state index in [1.807, 2.05) is 6.07 Å². The second-order valence-electron chi connectivity index (χ2n) is 6.04. The van der Waals surface area contributed by atoms with Gasteiger partial charge in [-0.15, -0.1) is 0 Å². The Morgan fingerprint density at radius 2 is 1.58 bits per heavy atom. The molecule has 1 fully saturated rings. The smallest absolute Gasteiger partial charge is 0.244 e. The van der Waals surface area contributed by atoms with E-state index in [1.165, 1.54) is 16.8 Å². The topological polar surface area (TPSA) is 40.6 Å².